The zero-order chi connectivity index (χ0) is 13.6. The van der Waals surface area contributed by atoms with E-state index >= 15 is 0 Å². The van der Waals surface area contributed by atoms with Crippen molar-refractivity contribution in [2.45, 2.75) is 45.1 Å². The van der Waals surface area contributed by atoms with Gasteiger partial charge in [0.25, 0.3) is 0 Å². The Morgan fingerprint density at radius 1 is 1.39 bits per heavy atom. The maximum absolute atomic E-state index is 5.74. The van der Waals surface area contributed by atoms with Crippen LogP contribution in [0.1, 0.15) is 39.2 Å². The fourth-order valence-corrected chi connectivity index (χ4v) is 2.36. The van der Waals surface area contributed by atoms with E-state index in [1.54, 1.807) is 0 Å². The molecule has 0 fully saturated rings. The van der Waals surface area contributed by atoms with Crippen LogP contribution in [0.25, 0.3) is 0 Å². The predicted octanol–water partition coefficient (Wildman–Crippen LogP) is 3.44. The SMILES string of the molecule is CC(N)CCCNCC(C)(C)c1cccc(Br)c1. The van der Waals surface area contributed by atoms with Gasteiger partial charge in [0, 0.05) is 22.5 Å². The molecule has 0 amide bonds. The second-order valence-corrected chi connectivity index (χ2v) is 6.61. The third-order valence-corrected chi connectivity index (χ3v) is 3.68. The summed E-state index contributed by atoms with van der Waals surface area (Å²) in [6, 6.07) is 8.86. The minimum Gasteiger partial charge on any atom is -0.328 e. The van der Waals surface area contributed by atoms with E-state index in [2.05, 4.69) is 66.3 Å². The molecule has 0 aromatic heterocycles. The van der Waals surface area contributed by atoms with Gasteiger partial charge in [-0.15, -0.1) is 0 Å². The molecule has 1 aromatic rings. The van der Waals surface area contributed by atoms with Crippen molar-refractivity contribution in [3.63, 3.8) is 0 Å². The molecule has 0 heterocycles. The average Bonchev–Trinajstić information content (AvgIpc) is 2.28. The first-order valence-electron chi connectivity index (χ1n) is 6.64. The van der Waals surface area contributed by atoms with Crippen LogP contribution < -0.4 is 11.1 Å². The van der Waals surface area contributed by atoms with Gasteiger partial charge in [0.15, 0.2) is 0 Å². The van der Waals surface area contributed by atoms with E-state index in [-0.39, 0.29) is 5.41 Å². The van der Waals surface area contributed by atoms with E-state index in [0.29, 0.717) is 6.04 Å². The van der Waals surface area contributed by atoms with Crippen molar-refractivity contribution >= 4 is 15.9 Å². The van der Waals surface area contributed by atoms with Crippen LogP contribution in [0.5, 0.6) is 0 Å². The largest absolute Gasteiger partial charge is 0.328 e. The van der Waals surface area contributed by atoms with Gasteiger partial charge >= 0.3 is 0 Å². The van der Waals surface area contributed by atoms with Crippen LogP contribution in [0.4, 0.5) is 0 Å². The monoisotopic (exact) mass is 312 g/mol. The van der Waals surface area contributed by atoms with Gasteiger partial charge in [-0.05, 0) is 44.0 Å². The Morgan fingerprint density at radius 3 is 2.72 bits per heavy atom. The highest BCUT2D eigenvalue weighted by molar-refractivity contribution is 9.10. The first kappa shape index (κ1) is 15.7. The first-order valence-corrected chi connectivity index (χ1v) is 7.43. The molecule has 0 radical (unpaired) electrons. The summed E-state index contributed by atoms with van der Waals surface area (Å²) in [5.74, 6) is 0. The summed E-state index contributed by atoms with van der Waals surface area (Å²) in [6.45, 7) is 8.63. The second-order valence-electron chi connectivity index (χ2n) is 5.69. The molecule has 0 bridgehead atoms. The molecule has 0 spiro atoms. The lowest BCUT2D eigenvalue weighted by Gasteiger charge is -2.26. The lowest BCUT2D eigenvalue weighted by atomic mass is 9.84. The fourth-order valence-electron chi connectivity index (χ4n) is 1.96. The molecule has 1 unspecified atom stereocenters. The van der Waals surface area contributed by atoms with Crippen molar-refractivity contribution < 1.29 is 0 Å². The molecule has 18 heavy (non-hydrogen) atoms. The number of benzene rings is 1. The lowest BCUT2D eigenvalue weighted by Crippen LogP contribution is -2.33. The number of hydrogen-bond acceptors (Lipinski definition) is 2. The zero-order valence-corrected chi connectivity index (χ0v) is 13.3. The summed E-state index contributed by atoms with van der Waals surface area (Å²) < 4.78 is 1.14. The third kappa shape index (κ3) is 5.51. The van der Waals surface area contributed by atoms with Gasteiger partial charge in [0.1, 0.15) is 0 Å². The number of nitrogens with two attached hydrogens (primary N) is 1. The number of hydrogen-bond donors (Lipinski definition) is 2. The third-order valence-electron chi connectivity index (χ3n) is 3.19. The standard InChI is InChI=1S/C15H25BrN2/c1-12(17)6-5-9-18-11-15(2,3)13-7-4-8-14(16)10-13/h4,7-8,10,12,18H,5-6,9,11,17H2,1-3H3. The van der Waals surface area contributed by atoms with Crippen LogP contribution in [-0.2, 0) is 5.41 Å². The summed E-state index contributed by atoms with van der Waals surface area (Å²) in [5.41, 5.74) is 7.24. The summed E-state index contributed by atoms with van der Waals surface area (Å²) in [4.78, 5) is 0. The fraction of sp³-hybridized carbons (Fsp3) is 0.600. The second kappa shape index (κ2) is 7.27. The van der Waals surface area contributed by atoms with Crippen LogP contribution in [-0.4, -0.2) is 19.1 Å². The molecular weight excluding hydrogens is 288 g/mol. The van der Waals surface area contributed by atoms with Crippen molar-refractivity contribution in [2.75, 3.05) is 13.1 Å². The molecule has 3 N–H and O–H groups in total. The minimum atomic E-state index is 0.151. The molecule has 0 aliphatic heterocycles. The van der Waals surface area contributed by atoms with Crippen molar-refractivity contribution in [1.82, 2.24) is 5.32 Å². The van der Waals surface area contributed by atoms with Gasteiger partial charge in [0.2, 0.25) is 0 Å². The molecule has 1 atom stereocenters. The molecule has 102 valence electrons. The minimum absolute atomic E-state index is 0.151. The van der Waals surface area contributed by atoms with E-state index in [9.17, 15) is 0 Å². The molecule has 3 heteroatoms. The zero-order valence-electron chi connectivity index (χ0n) is 11.7. The summed E-state index contributed by atoms with van der Waals surface area (Å²) in [7, 11) is 0. The molecule has 1 rings (SSSR count). The topological polar surface area (TPSA) is 38.0 Å². The van der Waals surface area contributed by atoms with Crippen molar-refractivity contribution in [3.05, 3.63) is 34.3 Å². The average molecular weight is 313 g/mol. The van der Waals surface area contributed by atoms with Crippen LogP contribution in [0, 0.1) is 0 Å². The molecule has 0 saturated carbocycles. The van der Waals surface area contributed by atoms with Crippen molar-refractivity contribution in [1.29, 1.82) is 0 Å². The van der Waals surface area contributed by atoms with E-state index < -0.39 is 0 Å². The summed E-state index contributed by atoms with van der Waals surface area (Å²) >= 11 is 3.53. The van der Waals surface area contributed by atoms with Gasteiger partial charge in [-0.25, -0.2) is 0 Å². The predicted molar refractivity (Wildman–Crippen MR) is 82.9 cm³/mol. The van der Waals surface area contributed by atoms with E-state index in [1.807, 2.05) is 0 Å². The van der Waals surface area contributed by atoms with Crippen molar-refractivity contribution in [3.8, 4) is 0 Å². The van der Waals surface area contributed by atoms with Crippen LogP contribution in [0.3, 0.4) is 0 Å². The summed E-state index contributed by atoms with van der Waals surface area (Å²) in [6.07, 6.45) is 2.23. The van der Waals surface area contributed by atoms with Gasteiger partial charge in [-0.2, -0.15) is 0 Å². The van der Waals surface area contributed by atoms with Crippen LogP contribution >= 0.6 is 15.9 Å². The maximum Gasteiger partial charge on any atom is 0.0178 e. The normalized spacial score (nSPS) is 13.6. The Hall–Kier alpha value is -0.380. The Balaban J connectivity index is 2.40. The Bertz CT molecular complexity index is 361. The van der Waals surface area contributed by atoms with Gasteiger partial charge in [-0.3, -0.25) is 0 Å². The molecule has 0 saturated heterocycles. The van der Waals surface area contributed by atoms with Gasteiger partial charge < -0.3 is 11.1 Å². The Kier molecular flexibility index (Phi) is 6.33. The maximum atomic E-state index is 5.74. The Labute approximate surface area is 119 Å². The quantitative estimate of drug-likeness (QED) is 0.757. The highest BCUT2D eigenvalue weighted by atomic mass is 79.9. The molecule has 0 aliphatic rings. The molecule has 2 nitrogen and oxygen atoms in total. The number of rotatable bonds is 7. The molecule has 1 aromatic carbocycles. The highest BCUT2D eigenvalue weighted by Gasteiger charge is 2.19. The van der Waals surface area contributed by atoms with Gasteiger partial charge in [0.05, 0.1) is 0 Å². The summed E-state index contributed by atoms with van der Waals surface area (Å²) in [5, 5.41) is 3.53. The first-order chi connectivity index (χ1) is 8.42. The van der Waals surface area contributed by atoms with Gasteiger partial charge in [-0.1, -0.05) is 41.9 Å². The molecular formula is C15H25BrN2. The molecule has 0 aliphatic carbocycles. The lowest BCUT2D eigenvalue weighted by molar-refractivity contribution is 0.458. The van der Waals surface area contributed by atoms with Crippen LogP contribution in [0.2, 0.25) is 0 Å². The van der Waals surface area contributed by atoms with Crippen LogP contribution in [0.15, 0.2) is 28.7 Å². The van der Waals surface area contributed by atoms with E-state index in [1.165, 1.54) is 5.56 Å². The highest BCUT2D eigenvalue weighted by Crippen LogP contribution is 2.24. The van der Waals surface area contributed by atoms with Crippen molar-refractivity contribution in [2.24, 2.45) is 5.73 Å². The number of nitrogens with one attached hydrogen (secondary N) is 1. The Morgan fingerprint density at radius 2 is 2.11 bits per heavy atom. The van der Waals surface area contributed by atoms with E-state index in [0.717, 1.165) is 30.4 Å². The van der Waals surface area contributed by atoms with E-state index in [4.69, 9.17) is 5.73 Å². The number of halogens is 1. The smallest absolute Gasteiger partial charge is 0.0178 e.